The molecule has 0 unspecified atom stereocenters. The first-order valence-corrected chi connectivity index (χ1v) is 16.2. The topological polar surface area (TPSA) is 66.4 Å². The van der Waals surface area contributed by atoms with Gasteiger partial charge in [-0.25, -0.2) is 9.97 Å². The monoisotopic (exact) mass is 626 g/mol. The average molecular weight is 627 g/mol. The van der Waals surface area contributed by atoms with Crippen molar-refractivity contribution >= 4 is 56.4 Å². The molecular weight excluding hydrogens is 592 g/mol. The molecule has 6 aromatic rings. The molecule has 8 rings (SSSR count). The zero-order valence-electron chi connectivity index (χ0n) is 27.8. The molecule has 0 N–H and O–H groups in total. The van der Waals surface area contributed by atoms with Crippen molar-refractivity contribution in [2.45, 2.75) is 41.5 Å². The van der Waals surface area contributed by atoms with E-state index in [1.165, 1.54) is 11.1 Å². The minimum Gasteiger partial charge on any atom is -0.288 e. The summed E-state index contributed by atoms with van der Waals surface area (Å²) in [6.45, 7) is 12.6. The number of rotatable bonds is 3. The predicted molar refractivity (Wildman–Crippen MR) is 194 cm³/mol. The fourth-order valence-electron chi connectivity index (χ4n) is 7.56. The number of carbonyl (C=O) groups excluding carboxylic acids is 2. The summed E-state index contributed by atoms with van der Waals surface area (Å²) in [4.78, 5) is 42.4. The maximum Gasteiger partial charge on any atom is 0.197 e. The molecular formula is C42H34N4O2. The second-order valence-electron chi connectivity index (χ2n) is 13.0. The van der Waals surface area contributed by atoms with Gasteiger partial charge >= 0.3 is 0 Å². The van der Waals surface area contributed by atoms with Crippen LogP contribution in [-0.4, -0.2) is 21.5 Å². The first kappa shape index (κ1) is 29.5. The molecule has 1 aromatic heterocycles. The number of carbonyl (C=O) groups is 2. The quantitative estimate of drug-likeness (QED) is 0.144. The van der Waals surface area contributed by atoms with Gasteiger partial charge in [0.05, 0.1) is 28.0 Å². The summed E-state index contributed by atoms with van der Waals surface area (Å²) in [5.74, 6) is 1.58. The number of Topliss-reactive ketones (excluding diaryl/α,β-unsaturated/α-hetero) is 2. The van der Waals surface area contributed by atoms with E-state index >= 15 is 0 Å². The van der Waals surface area contributed by atoms with E-state index in [0.717, 1.165) is 61.3 Å². The van der Waals surface area contributed by atoms with Gasteiger partial charge in [0.1, 0.15) is 5.82 Å². The fraction of sp³-hybridized carbons (Fsp3) is 0.143. The van der Waals surface area contributed by atoms with E-state index in [1.807, 2.05) is 66.7 Å². The molecule has 0 bridgehead atoms. The van der Waals surface area contributed by atoms with Crippen LogP contribution in [0.25, 0.3) is 21.8 Å². The van der Waals surface area contributed by atoms with Gasteiger partial charge in [0.15, 0.2) is 23.2 Å². The van der Waals surface area contributed by atoms with E-state index in [-0.39, 0.29) is 17.1 Å². The largest absolute Gasteiger partial charge is 0.288 e. The maximum atomic E-state index is 13.9. The van der Waals surface area contributed by atoms with Crippen LogP contribution >= 0.6 is 0 Å². The summed E-state index contributed by atoms with van der Waals surface area (Å²) < 4.78 is 0. The van der Waals surface area contributed by atoms with Gasteiger partial charge in [0.2, 0.25) is 0 Å². The molecule has 6 heteroatoms. The van der Waals surface area contributed by atoms with E-state index in [1.54, 1.807) is 6.08 Å². The number of para-hydroxylation sites is 2. The first-order chi connectivity index (χ1) is 23.1. The van der Waals surface area contributed by atoms with Crippen molar-refractivity contribution in [3.8, 4) is 0 Å². The Bertz CT molecular complexity index is 2260. The molecule has 0 amide bonds. The minimum atomic E-state index is -0.265. The molecule has 5 aromatic carbocycles. The lowest BCUT2D eigenvalue weighted by Gasteiger charge is -2.29. The molecule has 6 nitrogen and oxygen atoms in total. The summed E-state index contributed by atoms with van der Waals surface area (Å²) in [6, 6.07) is 28.0. The Morgan fingerprint density at radius 1 is 0.521 bits per heavy atom. The van der Waals surface area contributed by atoms with E-state index < -0.39 is 0 Å². The summed E-state index contributed by atoms with van der Waals surface area (Å²) in [5, 5.41) is 1.86. The van der Waals surface area contributed by atoms with Gasteiger partial charge in [0.25, 0.3) is 0 Å². The number of hydrogen-bond donors (Lipinski definition) is 0. The van der Waals surface area contributed by atoms with Crippen LogP contribution in [0.1, 0.15) is 54.1 Å². The highest BCUT2D eigenvalue weighted by Gasteiger charge is 2.40. The van der Waals surface area contributed by atoms with Gasteiger partial charge in [-0.3, -0.25) is 19.4 Å². The molecule has 2 aliphatic rings. The van der Waals surface area contributed by atoms with E-state index in [9.17, 15) is 9.59 Å². The molecule has 0 saturated carbocycles. The second kappa shape index (κ2) is 10.8. The minimum absolute atomic E-state index is 0.143. The Morgan fingerprint density at radius 3 is 1.33 bits per heavy atom. The lowest BCUT2D eigenvalue weighted by molar-refractivity contribution is 0.0988. The summed E-state index contributed by atoms with van der Waals surface area (Å²) in [5.41, 5.74) is 11.2. The van der Waals surface area contributed by atoms with Crippen molar-refractivity contribution in [3.63, 3.8) is 0 Å². The highest BCUT2D eigenvalue weighted by molar-refractivity contribution is 6.40. The number of fused-ring (bicyclic) bond motifs is 4. The summed E-state index contributed by atoms with van der Waals surface area (Å²) in [6.07, 6.45) is 3.58. The number of aryl methyl sites for hydroxylation is 6. The van der Waals surface area contributed by atoms with Crippen LogP contribution in [-0.2, 0) is 0 Å². The second-order valence-corrected chi connectivity index (χ2v) is 13.0. The van der Waals surface area contributed by atoms with Gasteiger partial charge < -0.3 is 0 Å². The summed E-state index contributed by atoms with van der Waals surface area (Å²) >= 11 is 0. The lowest BCUT2D eigenvalue weighted by atomic mass is 10.0. The molecule has 0 saturated heterocycles. The van der Waals surface area contributed by atoms with Gasteiger partial charge in [-0.05, 0) is 111 Å². The van der Waals surface area contributed by atoms with Crippen LogP contribution in [0.5, 0.6) is 0 Å². The Balaban J connectivity index is 1.41. The van der Waals surface area contributed by atoms with Gasteiger partial charge in [-0.1, -0.05) is 71.8 Å². The Kier molecular flexibility index (Phi) is 6.67. The SMILES string of the molecule is Cc1cc(C)c(N2C(=CC=C3C(=O)c4cc5ccccc5cc4C3=O)N(c3c(C)cc(C)cc3C)c3nc4ccccc4nc32)c(C)c1. The van der Waals surface area contributed by atoms with Gasteiger partial charge in [0, 0.05) is 11.1 Å². The van der Waals surface area contributed by atoms with Crippen LogP contribution in [0.4, 0.5) is 23.0 Å². The number of nitrogens with zero attached hydrogens (tertiary/aromatic N) is 4. The number of ketones is 2. The highest BCUT2D eigenvalue weighted by atomic mass is 16.2. The summed E-state index contributed by atoms with van der Waals surface area (Å²) in [7, 11) is 0. The van der Waals surface area contributed by atoms with Gasteiger partial charge in [-0.2, -0.15) is 0 Å². The first-order valence-electron chi connectivity index (χ1n) is 16.2. The van der Waals surface area contributed by atoms with Crippen LogP contribution in [0.2, 0.25) is 0 Å². The number of benzene rings is 5. The number of aromatic nitrogens is 2. The molecule has 48 heavy (non-hydrogen) atoms. The number of hydrogen-bond acceptors (Lipinski definition) is 6. The Morgan fingerprint density at radius 2 is 0.917 bits per heavy atom. The van der Waals surface area contributed by atoms with Crippen LogP contribution < -0.4 is 9.80 Å². The van der Waals surface area contributed by atoms with Crippen molar-refractivity contribution in [1.29, 1.82) is 0 Å². The van der Waals surface area contributed by atoms with Crippen LogP contribution in [0.15, 0.2) is 108 Å². The molecule has 234 valence electrons. The van der Waals surface area contributed by atoms with Gasteiger partial charge in [-0.15, -0.1) is 0 Å². The average Bonchev–Trinajstić information content (AvgIpc) is 3.46. The highest BCUT2D eigenvalue weighted by Crippen LogP contribution is 2.51. The maximum absolute atomic E-state index is 13.9. The molecule has 0 fully saturated rings. The van der Waals surface area contributed by atoms with Crippen molar-refractivity contribution in [2.24, 2.45) is 0 Å². The van der Waals surface area contributed by atoms with E-state index in [2.05, 4.69) is 75.6 Å². The van der Waals surface area contributed by atoms with E-state index in [4.69, 9.17) is 9.97 Å². The molecule has 0 spiro atoms. The molecule has 2 heterocycles. The van der Waals surface area contributed by atoms with Crippen molar-refractivity contribution in [2.75, 3.05) is 9.80 Å². The normalized spacial score (nSPS) is 14.0. The molecule has 0 atom stereocenters. The van der Waals surface area contributed by atoms with Crippen molar-refractivity contribution in [1.82, 2.24) is 9.97 Å². The third-order valence-electron chi connectivity index (χ3n) is 9.40. The lowest BCUT2D eigenvalue weighted by Crippen LogP contribution is -2.24. The smallest absolute Gasteiger partial charge is 0.197 e. The van der Waals surface area contributed by atoms with Crippen molar-refractivity contribution in [3.05, 3.63) is 153 Å². The van der Waals surface area contributed by atoms with Crippen LogP contribution in [0, 0.1) is 41.5 Å². The zero-order chi connectivity index (χ0) is 33.4. The number of anilines is 4. The third-order valence-corrected chi connectivity index (χ3v) is 9.40. The van der Waals surface area contributed by atoms with E-state index in [0.29, 0.717) is 22.8 Å². The standard InChI is InChI=1S/C42H34N4O2/c1-23-17-25(3)37(26(4)18-23)45-36(16-15-31-39(47)32-21-29-11-7-8-12-30(29)22-33(32)40(31)48)46(38-27(5)19-24(2)20-28(38)6)42-41(45)43-34-13-9-10-14-35(34)44-42/h7-22H,1-6H3. The molecule has 1 aliphatic carbocycles. The Hall–Kier alpha value is -5.88. The van der Waals surface area contributed by atoms with Crippen LogP contribution in [0.3, 0.4) is 0 Å². The fourth-order valence-corrected chi connectivity index (χ4v) is 7.56. The number of allylic oxidation sites excluding steroid dienone is 3. The molecule has 0 radical (unpaired) electrons. The third kappa shape index (κ3) is 4.48. The molecule has 1 aliphatic heterocycles. The zero-order valence-corrected chi connectivity index (χ0v) is 27.8. The predicted octanol–water partition coefficient (Wildman–Crippen LogP) is 9.77. The van der Waals surface area contributed by atoms with Crippen molar-refractivity contribution < 1.29 is 9.59 Å². The Labute approximate surface area is 279 Å².